The summed E-state index contributed by atoms with van der Waals surface area (Å²) in [6, 6.07) is 17.1. The Morgan fingerprint density at radius 2 is 1.86 bits per heavy atom. The average Bonchev–Trinajstić information content (AvgIpc) is 3.17. The van der Waals surface area contributed by atoms with Gasteiger partial charge in [-0.2, -0.15) is 0 Å². The van der Waals surface area contributed by atoms with Gasteiger partial charge < -0.3 is 15.4 Å². The van der Waals surface area contributed by atoms with Gasteiger partial charge in [0.2, 0.25) is 0 Å². The minimum atomic E-state index is -0.182. The lowest BCUT2D eigenvalue weighted by atomic mass is 10.0. The first-order valence-electron chi connectivity index (χ1n) is 9.02. The van der Waals surface area contributed by atoms with Gasteiger partial charge in [0.25, 0.3) is 11.8 Å². The van der Waals surface area contributed by atoms with Crippen molar-refractivity contribution in [3.8, 4) is 16.9 Å². The Labute approximate surface area is 168 Å². The smallest absolute Gasteiger partial charge is 0.266 e. The Morgan fingerprint density at radius 1 is 1.07 bits per heavy atom. The number of hydrogen-bond acceptors (Lipinski definition) is 4. The maximum absolute atomic E-state index is 12.8. The molecule has 28 heavy (non-hydrogen) atoms. The van der Waals surface area contributed by atoms with Gasteiger partial charge in [-0.05, 0) is 43.0 Å². The molecule has 0 saturated heterocycles. The quantitative estimate of drug-likeness (QED) is 0.620. The van der Waals surface area contributed by atoms with Gasteiger partial charge >= 0.3 is 0 Å². The second-order valence-corrected chi connectivity index (χ2v) is 7.17. The molecule has 0 unspecified atom stereocenters. The Bertz CT molecular complexity index is 964. The number of likely N-dealkylation sites (N-methyl/N-ethyl adjacent to an activating group) is 1. The maximum Gasteiger partial charge on any atom is 0.266 e. The van der Waals surface area contributed by atoms with E-state index in [4.69, 9.17) is 4.74 Å². The van der Waals surface area contributed by atoms with Gasteiger partial charge in [0.15, 0.2) is 6.61 Å². The fourth-order valence-corrected chi connectivity index (χ4v) is 3.51. The summed E-state index contributed by atoms with van der Waals surface area (Å²) in [6.45, 7) is 4.38. The van der Waals surface area contributed by atoms with Gasteiger partial charge in [-0.1, -0.05) is 35.9 Å². The number of rotatable bonds is 7. The third kappa shape index (κ3) is 4.98. The molecule has 0 spiro atoms. The van der Waals surface area contributed by atoms with Crippen LogP contribution in [0.4, 0.5) is 5.69 Å². The van der Waals surface area contributed by atoms with Crippen molar-refractivity contribution in [2.75, 3.05) is 18.5 Å². The van der Waals surface area contributed by atoms with Crippen molar-refractivity contribution in [2.24, 2.45) is 0 Å². The topological polar surface area (TPSA) is 67.4 Å². The standard InChI is InChI=1S/C22H22N2O3S/c1-3-23-20(25)14-27-18-6-4-5-17(13-18)24-22(26)21-19(11-12-28-21)16-9-7-15(2)8-10-16/h4-13H,3,14H2,1-2H3,(H,23,25)(H,24,26). The van der Waals surface area contributed by atoms with E-state index in [9.17, 15) is 9.59 Å². The monoisotopic (exact) mass is 394 g/mol. The number of nitrogens with one attached hydrogen (secondary N) is 2. The van der Waals surface area contributed by atoms with Crippen molar-refractivity contribution >= 4 is 28.8 Å². The summed E-state index contributed by atoms with van der Waals surface area (Å²) in [5.41, 5.74) is 3.71. The highest BCUT2D eigenvalue weighted by Crippen LogP contribution is 2.29. The number of amides is 2. The van der Waals surface area contributed by atoms with E-state index in [-0.39, 0.29) is 18.4 Å². The number of thiophene rings is 1. The van der Waals surface area contributed by atoms with Crippen LogP contribution in [-0.4, -0.2) is 25.0 Å². The SMILES string of the molecule is CCNC(=O)COc1cccc(NC(=O)c2sccc2-c2ccc(C)cc2)c1. The summed E-state index contributed by atoms with van der Waals surface area (Å²) >= 11 is 1.40. The highest BCUT2D eigenvalue weighted by atomic mass is 32.1. The number of ether oxygens (including phenoxy) is 1. The average molecular weight is 394 g/mol. The first kappa shape index (κ1) is 19.6. The summed E-state index contributed by atoms with van der Waals surface area (Å²) < 4.78 is 5.48. The largest absolute Gasteiger partial charge is 0.484 e. The molecule has 5 nitrogen and oxygen atoms in total. The Kier molecular flexibility index (Phi) is 6.45. The molecule has 0 radical (unpaired) electrons. The second kappa shape index (κ2) is 9.19. The predicted octanol–water partition coefficient (Wildman–Crippen LogP) is 4.49. The van der Waals surface area contributed by atoms with E-state index >= 15 is 0 Å². The minimum Gasteiger partial charge on any atom is -0.484 e. The molecule has 2 aromatic carbocycles. The zero-order valence-corrected chi connectivity index (χ0v) is 16.6. The molecule has 2 amide bonds. The van der Waals surface area contributed by atoms with Crippen LogP contribution in [0, 0.1) is 6.92 Å². The van der Waals surface area contributed by atoms with Gasteiger partial charge in [0.1, 0.15) is 5.75 Å². The molecule has 0 aliphatic carbocycles. The predicted molar refractivity (Wildman–Crippen MR) is 113 cm³/mol. The van der Waals surface area contributed by atoms with Crippen molar-refractivity contribution < 1.29 is 14.3 Å². The fourth-order valence-electron chi connectivity index (χ4n) is 2.69. The molecule has 3 aromatic rings. The van der Waals surface area contributed by atoms with Crippen LogP contribution in [0.3, 0.4) is 0 Å². The van der Waals surface area contributed by atoms with Crippen LogP contribution in [-0.2, 0) is 4.79 Å². The van der Waals surface area contributed by atoms with Crippen molar-refractivity contribution in [3.63, 3.8) is 0 Å². The lowest BCUT2D eigenvalue weighted by Gasteiger charge is -2.10. The van der Waals surface area contributed by atoms with E-state index < -0.39 is 0 Å². The van der Waals surface area contributed by atoms with E-state index in [1.54, 1.807) is 24.3 Å². The normalized spacial score (nSPS) is 10.4. The number of carbonyl (C=O) groups is 2. The van der Waals surface area contributed by atoms with Gasteiger partial charge in [0.05, 0.1) is 4.88 Å². The molecule has 0 atom stereocenters. The first-order chi connectivity index (χ1) is 13.6. The zero-order chi connectivity index (χ0) is 19.9. The molecular formula is C22H22N2O3S. The van der Waals surface area contributed by atoms with Crippen molar-refractivity contribution in [3.05, 3.63) is 70.4 Å². The maximum atomic E-state index is 12.8. The van der Waals surface area contributed by atoms with Crippen LogP contribution in [0.25, 0.3) is 11.1 Å². The molecule has 1 aromatic heterocycles. The molecule has 0 aliphatic rings. The van der Waals surface area contributed by atoms with Crippen LogP contribution in [0.15, 0.2) is 60.0 Å². The lowest BCUT2D eigenvalue weighted by Crippen LogP contribution is -2.28. The highest BCUT2D eigenvalue weighted by molar-refractivity contribution is 7.12. The van der Waals surface area contributed by atoms with Crippen molar-refractivity contribution in [2.45, 2.75) is 13.8 Å². The van der Waals surface area contributed by atoms with E-state index in [1.807, 2.05) is 49.6 Å². The molecule has 1 heterocycles. The van der Waals surface area contributed by atoms with E-state index in [0.29, 0.717) is 22.9 Å². The molecule has 3 rings (SSSR count). The summed E-state index contributed by atoms with van der Waals surface area (Å²) in [7, 11) is 0. The van der Waals surface area contributed by atoms with Gasteiger partial charge in [-0.3, -0.25) is 9.59 Å². The number of aryl methyl sites for hydroxylation is 1. The minimum absolute atomic E-state index is 0.0618. The van der Waals surface area contributed by atoms with Gasteiger partial charge in [-0.25, -0.2) is 0 Å². The fraction of sp³-hybridized carbons (Fsp3) is 0.182. The summed E-state index contributed by atoms with van der Waals surface area (Å²) in [5.74, 6) is 0.165. The van der Waals surface area contributed by atoms with Crippen LogP contribution in [0.1, 0.15) is 22.2 Å². The third-order valence-corrected chi connectivity index (χ3v) is 4.98. The first-order valence-corrected chi connectivity index (χ1v) is 9.90. The molecule has 0 bridgehead atoms. The Hall–Kier alpha value is -3.12. The molecule has 144 valence electrons. The molecular weight excluding hydrogens is 372 g/mol. The van der Waals surface area contributed by atoms with E-state index in [0.717, 1.165) is 11.1 Å². The van der Waals surface area contributed by atoms with Gasteiger partial charge in [0, 0.05) is 23.9 Å². The Balaban J connectivity index is 1.70. The molecule has 6 heteroatoms. The van der Waals surface area contributed by atoms with Crippen LogP contribution < -0.4 is 15.4 Å². The zero-order valence-electron chi connectivity index (χ0n) is 15.8. The number of carbonyl (C=O) groups excluding carboxylic acids is 2. The summed E-state index contributed by atoms with van der Waals surface area (Å²) in [6.07, 6.45) is 0. The third-order valence-electron chi connectivity index (χ3n) is 4.07. The number of anilines is 1. The van der Waals surface area contributed by atoms with Crippen molar-refractivity contribution in [1.29, 1.82) is 0 Å². The van der Waals surface area contributed by atoms with Gasteiger partial charge in [-0.15, -0.1) is 11.3 Å². The lowest BCUT2D eigenvalue weighted by molar-refractivity contribution is -0.122. The number of hydrogen-bond donors (Lipinski definition) is 2. The summed E-state index contributed by atoms with van der Waals surface area (Å²) in [5, 5.41) is 7.50. The molecule has 2 N–H and O–H groups in total. The number of benzene rings is 2. The molecule has 0 fully saturated rings. The summed E-state index contributed by atoms with van der Waals surface area (Å²) in [4.78, 5) is 25.0. The van der Waals surface area contributed by atoms with Crippen LogP contribution in [0.2, 0.25) is 0 Å². The highest BCUT2D eigenvalue weighted by Gasteiger charge is 2.15. The van der Waals surface area contributed by atoms with Crippen LogP contribution >= 0.6 is 11.3 Å². The Morgan fingerprint density at radius 3 is 2.61 bits per heavy atom. The van der Waals surface area contributed by atoms with E-state index in [2.05, 4.69) is 10.6 Å². The van der Waals surface area contributed by atoms with Crippen molar-refractivity contribution in [1.82, 2.24) is 5.32 Å². The van der Waals surface area contributed by atoms with E-state index in [1.165, 1.54) is 16.9 Å². The molecule has 0 aliphatic heterocycles. The second-order valence-electron chi connectivity index (χ2n) is 6.25. The molecule has 0 saturated carbocycles. The van der Waals surface area contributed by atoms with Crippen LogP contribution in [0.5, 0.6) is 5.75 Å².